The molecule has 1 N–H and O–H groups in total. The maximum absolute atomic E-state index is 9.66. The Morgan fingerprint density at radius 1 is 1.50 bits per heavy atom. The van der Waals surface area contributed by atoms with Crippen LogP contribution in [0, 0.1) is 0 Å². The first kappa shape index (κ1) is 12.3. The number of likely N-dealkylation sites (tertiary alicyclic amines) is 1. The van der Waals surface area contributed by atoms with Crippen LogP contribution >= 0.6 is 11.8 Å². The highest BCUT2D eigenvalue weighted by atomic mass is 32.2. The zero-order valence-electron chi connectivity index (χ0n) is 9.41. The van der Waals surface area contributed by atoms with Gasteiger partial charge in [0, 0.05) is 18.3 Å². The van der Waals surface area contributed by atoms with Crippen LogP contribution in [0.15, 0.2) is 0 Å². The molecule has 1 rings (SSSR count). The van der Waals surface area contributed by atoms with Crippen molar-refractivity contribution in [1.29, 1.82) is 0 Å². The third-order valence-corrected chi connectivity index (χ3v) is 3.83. The highest BCUT2D eigenvalue weighted by Gasteiger charge is 2.25. The molecule has 1 fully saturated rings. The maximum Gasteiger partial charge on any atom is 0.0667 e. The number of hydrogen-bond donors (Lipinski definition) is 1. The SMILES string of the molecule is CCSCCN1CCCCC1C(C)O. The Balaban J connectivity index is 2.30. The fourth-order valence-electron chi connectivity index (χ4n) is 2.17. The lowest BCUT2D eigenvalue weighted by atomic mass is 9.98. The van der Waals surface area contributed by atoms with E-state index in [2.05, 4.69) is 11.8 Å². The summed E-state index contributed by atoms with van der Waals surface area (Å²) >= 11 is 1.99. The summed E-state index contributed by atoms with van der Waals surface area (Å²) in [5.74, 6) is 2.41. The Kier molecular flexibility index (Phi) is 5.90. The average molecular weight is 217 g/mol. The third-order valence-electron chi connectivity index (χ3n) is 2.95. The first-order valence-corrected chi connectivity index (χ1v) is 6.91. The summed E-state index contributed by atoms with van der Waals surface area (Å²) in [6.45, 7) is 6.46. The van der Waals surface area contributed by atoms with Gasteiger partial charge in [0.1, 0.15) is 0 Å². The molecule has 0 bridgehead atoms. The lowest BCUT2D eigenvalue weighted by Crippen LogP contribution is -2.46. The molecule has 1 heterocycles. The average Bonchev–Trinajstić information content (AvgIpc) is 2.19. The molecule has 3 heteroatoms. The van der Waals surface area contributed by atoms with Crippen LogP contribution < -0.4 is 0 Å². The molecule has 0 amide bonds. The van der Waals surface area contributed by atoms with Gasteiger partial charge in [-0.3, -0.25) is 4.90 Å². The van der Waals surface area contributed by atoms with E-state index in [-0.39, 0.29) is 6.10 Å². The summed E-state index contributed by atoms with van der Waals surface area (Å²) in [5, 5.41) is 9.66. The van der Waals surface area contributed by atoms with Gasteiger partial charge in [-0.25, -0.2) is 0 Å². The normalized spacial score (nSPS) is 26.4. The Bertz CT molecular complexity index is 152. The minimum absolute atomic E-state index is 0.165. The van der Waals surface area contributed by atoms with E-state index in [9.17, 15) is 5.11 Å². The lowest BCUT2D eigenvalue weighted by molar-refractivity contribution is 0.0406. The molecule has 1 aliphatic rings. The number of aliphatic hydroxyl groups is 1. The van der Waals surface area contributed by atoms with E-state index < -0.39 is 0 Å². The van der Waals surface area contributed by atoms with Crippen LogP contribution in [0.3, 0.4) is 0 Å². The predicted molar refractivity (Wildman–Crippen MR) is 63.9 cm³/mol. The summed E-state index contributed by atoms with van der Waals surface area (Å²) < 4.78 is 0. The Morgan fingerprint density at radius 3 is 2.93 bits per heavy atom. The quantitative estimate of drug-likeness (QED) is 0.712. The summed E-state index contributed by atoms with van der Waals surface area (Å²) in [4.78, 5) is 2.47. The van der Waals surface area contributed by atoms with Crippen molar-refractivity contribution in [3.63, 3.8) is 0 Å². The topological polar surface area (TPSA) is 23.5 Å². The Hall–Kier alpha value is 0.270. The predicted octanol–water partition coefficient (Wildman–Crippen LogP) is 1.97. The van der Waals surface area contributed by atoms with Crippen molar-refractivity contribution in [1.82, 2.24) is 4.90 Å². The van der Waals surface area contributed by atoms with Crippen molar-refractivity contribution in [3.05, 3.63) is 0 Å². The number of aliphatic hydroxyl groups excluding tert-OH is 1. The second kappa shape index (κ2) is 6.70. The van der Waals surface area contributed by atoms with Crippen LogP contribution in [0.5, 0.6) is 0 Å². The molecular formula is C11H23NOS. The molecule has 0 aromatic rings. The van der Waals surface area contributed by atoms with Gasteiger partial charge in [-0.05, 0) is 32.1 Å². The molecule has 1 saturated heterocycles. The first-order chi connectivity index (χ1) is 6.75. The van der Waals surface area contributed by atoms with Crippen molar-refractivity contribution in [2.24, 2.45) is 0 Å². The molecule has 2 unspecified atom stereocenters. The van der Waals surface area contributed by atoms with E-state index in [1.807, 2.05) is 18.7 Å². The second-order valence-corrected chi connectivity index (χ2v) is 5.43. The van der Waals surface area contributed by atoms with Crippen molar-refractivity contribution < 1.29 is 5.11 Å². The van der Waals surface area contributed by atoms with Crippen LogP contribution in [0.4, 0.5) is 0 Å². The summed E-state index contributed by atoms with van der Waals surface area (Å²) in [6.07, 6.45) is 3.60. The number of nitrogens with zero attached hydrogens (tertiary/aromatic N) is 1. The summed E-state index contributed by atoms with van der Waals surface area (Å²) in [6, 6.07) is 0.418. The van der Waals surface area contributed by atoms with Crippen LogP contribution in [0.2, 0.25) is 0 Å². The van der Waals surface area contributed by atoms with Crippen molar-refractivity contribution >= 4 is 11.8 Å². The standard InChI is InChI=1S/C11H23NOS/c1-3-14-9-8-12-7-5-4-6-11(12)10(2)13/h10-11,13H,3-9H2,1-2H3. The number of hydrogen-bond acceptors (Lipinski definition) is 3. The van der Waals surface area contributed by atoms with Gasteiger partial charge in [-0.2, -0.15) is 11.8 Å². The fraction of sp³-hybridized carbons (Fsp3) is 1.00. The molecule has 84 valence electrons. The molecule has 2 nitrogen and oxygen atoms in total. The van der Waals surface area contributed by atoms with Crippen LogP contribution in [0.1, 0.15) is 33.1 Å². The maximum atomic E-state index is 9.66. The second-order valence-electron chi connectivity index (χ2n) is 4.04. The Labute approximate surface area is 92.1 Å². The highest BCUT2D eigenvalue weighted by Crippen LogP contribution is 2.20. The zero-order valence-corrected chi connectivity index (χ0v) is 10.2. The van der Waals surface area contributed by atoms with Gasteiger partial charge in [-0.1, -0.05) is 13.3 Å². The van der Waals surface area contributed by atoms with Crippen LogP contribution in [0.25, 0.3) is 0 Å². The smallest absolute Gasteiger partial charge is 0.0667 e. The molecule has 1 aliphatic heterocycles. The fourth-order valence-corrected chi connectivity index (χ4v) is 2.82. The molecule has 0 aromatic heterocycles. The summed E-state index contributed by atoms with van der Waals surface area (Å²) in [5.41, 5.74) is 0. The van der Waals surface area contributed by atoms with E-state index >= 15 is 0 Å². The molecule has 0 radical (unpaired) electrons. The van der Waals surface area contributed by atoms with Gasteiger partial charge in [0.15, 0.2) is 0 Å². The van der Waals surface area contributed by atoms with E-state index in [0.29, 0.717) is 6.04 Å². The minimum atomic E-state index is -0.165. The molecule has 0 aliphatic carbocycles. The van der Waals surface area contributed by atoms with Gasteiger partial charge >= 0.3 is 0 Å². The molecular weight excluding hydrogens is 194 g/mol. The van der Waals surface area contributed by atoms with E-state index in [0.717, 1.165) is 6.54 Å². The van der Waals surface area contributed by atoms with Gasteiger partial charge < -0.3 is 5.11 Å². The van der Waals surface area contributed by atoms with Crippen LogP contribution in [-0.4, -0.2) is 46.7 Å². The lowest BCUT2D eigenvalue weighted by Gasteiger charge is -2.37. The first-order valence-electron chi connectivity index (χ1n) is 5.75. The van der Waals surface area contributed by atoms with Crippen molar-refractivity contribution in [2.45, 2.75) is 45.3 Å². The van der Waals surface area contributed by atoms with E-state index in [1.54, 1.807) is 0 Å². The van der Waals surface area contributed by atoms with Gasteiger partial charge in [-0.15, -0.1) is 0 Å². The molecule has 14 heavy (non-hydrogen) atoms. The van der Waals surface area contributed by atoms with E-state index in [4.69, 9.17) is 0 Å². The van der Waals surface area contributed by atoms with Gasteiger partial charge in [0.25, 0.3) is 0 Å². The highest BCUT2D eigenvalue weighted by molar-refractivity contribution is 7.99. The molecule has 0 aromatic carbocycles. The summed E-state index contributed by atoms with van der Waals surface area (Å²) in [7, 11) is 0. The molecule has 2 atom stereocenters. The third kappa shape index (κ3) is 3.79. The minimum Gasteiger partial charge on any atom is -0.392 e. The molecule has 0 spiro atoms. The monoisotopic (exact) mass is 217 g/mol. The van der Waals surface area contributed by atoms with Crippen LogP contribution in [-0.2, 0) is 0 Å². The van der Waals surface area contributed by atoms with Gasteiger partial charge in [0.2, 0.25) is 0 Å². The Morgan fingerprint density at radius 2 is 2.29 bits per heavy atom. The number of rotatable bonds is 5. The number of piperidine rings is 1. The van der Waals surface area contributed by atoms with Crippen molar-refractivity contribution in [2.75, 3.05) is 24.6 Å². The van der Waals surface area contributed by atoms with E-state index in [1.165, 1.54) is 37.3 Å². The zero-order chi connectivity index (χ0) is 10.4. The van der Waals surface area contributed by atoms with Gasteiger partial charge in [0.05, 0.1) is 6.10 Å². The van der Waals surface area contributed by atoms with Crippen molar-refractivity contribution in [3.8, 4) is 0 Å². The molecule has 0 saturated carbocycles. The largest absolute Gasteiger partial charge is 0.392 e. The number of thioether (sulfide) groups is 1.